The average molecular weight is 299 g/mol. The number of hydrogen-bond acceptors (Lipinski definition) is 2. The van der Waals surface area contributed by atoms with Crippen LogP contribution < -0.4 is 0 Å². The molecule has 0 saturated carbocycles. The first-order valence-corrected chi connectivity index (χ1v) is 9.44. The molecular formula is C19H38O2. The minimum Gasteiger partial charge on any atom is -0.465 e. The maximum absolute atomic E-state index is 10.6. The molecule has 2 nitrogen and oxygen atoms in total. The maximum atomic E-state index is 10.6. The third kappa shape index (κ3) is 15.7. The van der Waals surface area contributed by atoms with Crippen LogP contribution in [0.2, 0.25) is 0 Å². The Morgan fingerprint density at radius 2 is 1.05 bits per heavy atom. The number of hydrogen-bond donors (Lipinski definition) is 0. The fourth-order valence-corrected chi connectivity index (χ4v) is 2.84. The van der Waals surface area contributed by atoms with Crippen LogP contribution in [0.4, 0.5) is 0 Å². The number of unbranched alkanes of at least 4 members (excludes halogenated alkanes) is 11. The number of ether oxygens (including phenoxy) is 1. The Bertz CT molecular complexity index is 204. The van der Waals surface area contributed by atoms with Gasteiger partial charge in [0.2, 0.25) is 0 Å². The Morgan fingerprint density at radius 1 is 0.667 bits per heavy atom. The second-order valence-electron chi connectivity index (χ2n) is 6.32. The molecule has 0 bridgehead atoms. The van der Waals surface area contributed by atoms with Crippen LogP contribution in [0.15, 0.2) is 0 Å². The second-order valence-corrected chi connectivity index (χ2v) is 6.32. The lowest BCUT2D eigenvalue weighted by Gasteiger charge is -2.15. The summed E-state index contributed by atoms with van der Waals surface area (Å²) in [6.45, 7) is 5.14. The van der Waals surface area contributed by atoms with Crippen molar-refractivity contribution in [1.82, 2.24) is 0 Å². The molecule has 0 fully saturated rings. The molecule has 0 aliphatic carbocycles. The Balaban J connectivity index is 3.46. The summed E-state index contributed by atoms with van der Waals surface area (Å²) in [5.41, 5.74) is 0. The van der Waals surface area contributed by atoms with Crippen LogP contribution >= 0.6 is 0 Å². The van der Waals surface area contributed by atoms with E-state index < -0.39 is 0 Å². The van der Waals surface area contributed by atoms with Gasteiger partial charge in [-0.2, -0.15) is 0 Å². The van der Waals surface area contributed by atoms with E-state index in [1.54, 1.807) is 0 Å². The van der Waals surface area contributed by atoms with E-state index in [4.69, 9.17) is 4.74 Å². The van der Waals surface area contributed by atoms with Gasteiger partial charge in [-0.05, 0) is 25.7 Å². The molecule has 0 amide bonds. The molecule has 0 heterocycles. The van der Waals surface area contributed by atoms with Gasteiger partial charge < -0.3 is 4.74 Å². The van der Waals surface area contributed by atoms with Gasteiger partial charge >= 0.3 is 0 Å². The van der Waals surface area contributed by atoms with Gasteiger partial charge in [-0.1, -0.05) is 84.5 Å². The molecule has 1 unspecified atom stereocenters. The minimum atomic E-state index is 0.171. The molecule has 0 saturated heterocycles. The zero-order valence-electron chi connectivity index (χ0n) is 14.6. The van der Waals surface area contributed by atoms with Gasteiger partial charge in [0.25, 0.3) is 6.47 Å². The maximum Gasteiger partial charge on any atom is 0.293 e. The molecule has 2 heteroatoms. The molecule has 0 aromatic rings. The van der Waals surface area contributed by atoms with Crippen molar-refractivity contribution < 1.29 is 9.53 Å². The lowest BCUT2D eigenvalue weighted by Crippen LogP contribution is -2.12. The van der Waals surface area contributed by atoms with E-state index in [2.05, 4.69) is 13.8 Å². The standard InChI is InChI=1S/C19H38O2/c1-3-5-7-9-11-13-15-17-19(21-18-20)16-14-12-10-8-6-4-2/h18-19H,3-17H2,1-2H3. The summed E-state index contributed by atoms with van der Waals surface area (Å²) in [4.78, 5) is 10.6. The van der Waals surface area contributed by atoms with E-state index in [0.717, 1.165) is 12.8 Å². The molecule has 0 N–H and O–H groups in total. The van der Waals surface area contributed by atoms with Crippen molar-refractivity contribution >= 4 is 6.47 Å². The molecule has 126 valence electrons. The highest BCUT2D eigenvalue weighted by Gasteiger charge is 2.08. The molecule has 0 rings (SSSR count). The lowest BCUT2D eigenvalue weighted by atomic mass is 10.0. The van der Waals surface area contributed by atoms with Crippen molar-refractivity contribution in [2.75, 3.05) is 0 Å². The fraction of sp³-hybridized carbons (Fsp3) is 0.947. The quantitative estimate of drug-likeness (QED) is 0.229. The van der Waals surface area contributed by atoms with Crippen molar-refractivity contribution in [3.8, 4) is 0 Å². The van der Waals surface area contributed by atoms with Crippen molar-refractivity contribution in [3.63, 3.8) is 0 Å². The van der Waals surface area contributed by atoms with Crippen LogP contribution in [-0.2, 0) is 9.53 Å². The largest absolute Gasteiger partial charge is 0.465 e. The van der Waals surface area contributed by atoms with Crippen LogP contribution in [0.3, 0.4) is 0 Å². The summed E-state index contributed by atoms with van der Waals surface area (Å²) >= 11 is 0. The third-order valence-corrected chi connectivity index (χ3v) is 4.26. The van der Waals surface area contributed by atoms with Crippen LogP contribution in [0.25, 0.3) is 0 Å². The van der Waals surface area contributed by atoms with Crippen LogP contribution in [0.1, 0.15) is 110 Å². The lowest BCUT2D eigenvalue weighted by molar-refractivity contribution is -0.134. The number of carbonyl (C=O) groups excluding carboxylic acids is 1. The molecule has 0 aromatic heterocycles. The van der Waals surface area contributed by atoms with E-state index in [0.29, 0.717) is 6.47 Å². The number of carbonyl (C=O) groups is 1. The Labute approximate surface area is 133 Å². The van der Waals surface area contributed by atoms with E-state index in [9.17, 15) is 4.79 Å². The molecule has 21 heavy (non-hydrogen) atoms. The molecule has 0 aliphatic heterocycles. The highest BCUT2D eigenvalue weighted by molar-refractivity contribution is 5.37. The molecule has 0 radical (unpaired) electrons. The predicted octanol–water partition coefficient (Wildman–Crippen LogP) is 6.42. The Kier molecular flexibility index (Phi) is 17.1. The first-order chi connectivity index (χ1) is 10.3. The van der Waals surface area contributed by atoms with Gasteiger partial charge in [0, 0.05) is 0 Å². The highest BCUT2D eigenvalue weighted by Crippen LogP contribution is 2.16. The highest BCUT2D eigenvalue weighted by atomic mass is 16.5. The van der Waals surface area contributed by atoms with Gasteiger partial charge in [-0.3, -0.25) is 4.79 Å². The van der Waals surface area contributed by atoms with Crippen molar-refractivity contribution in [2.45, 2.75) is 116 Å². The zero-order valence-corrected chi connectivity index (χ0v) is 14.6. The summed E-state index contributed by atoms with van der Waals surface area (Å²) in [6, 6.07) is 0. The van der Waals surface area contributed by atoms with E-state index >= 15 is 0 Å². The van der Waals surface area contributed by atoms with Gasteiger partial charge in [-0.25, -0.2) is 0 Å². The normalized spacial score (nSPS) is 12.3. The van der Waals surface area contributed by atoms with E-state index in [-0.39, 0.29) is 6.10 Å². The smallest absolute Gasteiger partial charge is 0.293 e. The molecular weight excluding hydrogens is 260 g/mol. The summed E-state index contributed by atoms with van der Waals surface area (Å²) in [7, 11) is 0. The Morgan fingerprint density at radius 3 is 1.43 bits per heavy atom. The first-order valence-electron chi connectivity index (χ1n) is 9.44. The van der Waals surface area contributed by atoms with Gasteiger partial charge in [0.15, 0.2) is 0 Å². The summed E-state index contributed by atoms with van der Waals surface area (Å²) in [6.07, 6.45) is 19.4. The first kappa shape index (κ1) is 20.5. The van der Waals surface area contributed by atoms with Crippen molar-refractivity contribution in [2.24, 2.45) is 0 Å². The molecule has 0 spiro atoms. The summed E-state index contributed by atoms with van der Waals surface area (Å²) in [5.74, 6) is 0. The minimum absolute atomic E-state index is 0.171. The molecule has 0 aromatic carbocycles. The van der Waals surface area contributed by atoms with Crippen molar-refractivity contribution in [1.29, 1.82) is 0 Å². The molecule has 0 aliphatic rings. The average Bonchev–Trinajstić information content (AvgIpc) is 2.49. The SMILES string of the molecule is CCCCCCCCCC(CCCCCCCC)OC=O. The monoisotopic (exact) mass is 298 g/mol. The predicted molar refractivity (Wildman–Crippen MR) is 91.5 cm³/mol. The van der Waals surface area contributed by atoms with Gasteiger partial charge in [0.1, 0.15) is 6.10 Å². The zero-order chi connectivity index (χ0) is 15.6. The topological polar surface area (TPSA) is 26.3 Å². The van der Waals surface area contributed by atoms with Crippen LogP contribution in [-0.4, -0.2) is 12.6 Å². The van der Waals surface area contributed by atoms with Crippen molar-refractivity contribution in [3.05, 3.63) is 0 Å². The van der Waals surface area contributed by atoms with Crippen LogP contribution in [0, 0.1) is 0 Å². The van der Waals surface area contributed by atoms with E-state index in [1.165, 1.54) is 83.5 Å². The van der Waals surface area contributed by atoms with Gasteiger partial charge in [-0.15, -0.1) is 0 Å². The summed E-state index contributed by atoms with van der Waals surface area (Å²) in [5, 5.41) is 0. The van der Waals surface area contributed by atoms with Crippen LogP contribution in [0.5, 0.6) is 0 Å². The fourth-order valence-electron chi connectivity index (χ4n) is 2.84. The Hall–Kier alpha value is -0.530. The molecule has 1 atom stereocenters. The van der Waals surface area contributed by atoms with Gasteiger partial charge in [0.05, 0.1) is 0 Å². The second kappa shape index (κ2) is 17.5. The number of rotatable bonds is 17. The third-order valence-electron chi connectivity index (χ3n) is 4.26. The summed E-state index contributed by atoms with van der Waals surface area (Å²) < 4.78 is 5.23. The van der Waals surface area contributed by atoms with E-state index in [1.807, 2.05) is 0 Å².